The Kier molecular flexibility index (Phi) is 3.64. The SMILES string of the molecule is Clc1ccc(-n2nc(-c3ccsc3)c3c2NCCCC3)cc1. The minimum Gasteiger partial charge on any atom is -0.370 e. The number of benzene rings is 1. The molecule has 4 rings (SSSR count). The Labute approximate surface area is 138 Å². The highest BCUT2D eigenvalue weighted by Gasteiger charge is 2.21. The first-order valence-electron chi connectivity index (χ1n) is 7.47. The molecule has 3 heterocycles. The van der Waals surface area contributed by atoms with Gasteiger partial charge in [0.2, 0.25) is 0 Å². The van der Waals surface area contributed by atoms with E-state index in [-0.39, 0.29) is 0 Å². The van der Waals surface area contributed by atoms with Crippen LogP contribution >= 0.6 is 22.9 Å². The van der Waals surface area contributed by atoms with Gasteiger partial charge in [0, 0.05) is 28.1 Å². The van der Waals surface area contributed by atoms with Gasteiger partial charge in [0.25, 0.3) is 0 Å². The molecule has 1 aliphatic rings. The summed E-state index contributed by atoms with van der Waals surface area (Å²) < 4.78 is 2.02. The zero-order valence-corrected chi connectivity index (χ0v) is 13.6. The number of fused-ring (bicyclic) bond motifs is 1. The third-order valence-electron chi connectivity index (χ3n) is 4.00. The van der Waals surface area contributed by atoms with Crippen molar-refractivity contribution in [2.45, 2.75) is 19.3 Å². The second-order valence-electron chi connectivity index (χ2n) is 5.46. The summed E-state index contributed by atoms with van der Waals surface area (Å²) >= 11 is 7.72. The molecule has 0 atom stereocenters. The minimum absolute atomic E-state index is 0.744. The summed E-state index contributed by atoms with van der Waals surface area (Å²) in [5.41, 5.74) is 4.67. The van der Waals surface area contributed by atoms with Gasteiger partial charge in [0.05, 0.1) is 11.4 Å². The topological polar surface area (TPSA) is 29.9 Å². The predicted octanol–water partition coefficient (Wildman–Crippen LogP) is 5.00. The highest BCUT2D eigenvalue weighted by Crippen LogP contribution is 2.34. The summed E-state index contributed by atoms with van der Waals surface area (Å²) in [6.45, 7) is 0.995. The average molecular weight is 330 g/mol. The lowest BCUT2D eigenvalue weighted by atomic mass is 10.1. The fourth-order valence-electron chi connectivity index (χ4n) is 2.90. The maximum atomic E-state index is 6.01. The van der Waals surface area contributed by atoms with Gasteiger partial charge in [0.15, 0.2) is 0 Å². The van der Waals surface area contributed by atoms with Crippen LogP contribution < -0.4 is 5.32 Å². The van der Waals surface area contributed by atoms with Crippen LogP contribution in [0, 0.1) is 0 Å². The van der Waals surface area contributed by atoms with Gasteiger partial charge in [-0.05, 0) is 55.0 Å². The molecule has 0 bridgehead atoms. The standard InChI is InChI=1S/C17H16ClN3S/c18-13-4-6-14(7-5-13)21-17-15(3-1-2-9-19-17)16(20-21)12-8-10-22-11-12/h4-8,10-11,19H,1-3,9H2. The van der Waals surface area contributed by atoms with E-state index in [0.717, 1.165) is 35.2 Å². The molecular weight excluding hydrogens is 314 g/mol. The van der Waals surface area contributed by atoms with Crippen molar-refractivity contribution in [2.24, 2.45) is 0 Å². The van der Waals surface area contributed by atoms with Crippen LogP contribution in [0.1, 0.15) is 18.4 Å². The molecule has 3 nitrogen and oxygen atoms in total. The van der Waals surface area contributed by atoms with E-state index in [1.54, 1.807) is 11.3 Å². The number of thiophene rings is 1. The van der Waals surface area contributed by atoms with Crippen LogP contribution in [0.15, 0.2) is 41.1 Å². The quantitative estimate of drug-likeness (QED) is 0.716. The zero-order valence-electron chi connectivity index (χ0n) is 12.1. The summed E-state index contributed by atoms with van der Waals surface area (Å²) in [5.74, 6) is 1.13. The van der Waals surface area contributed by atoms with Gasteiger partial charge < -0.3 is 5.32 Å². The first kappa shape index (κ1) is 13.9. The van der Waals surface area contributed by atoms with Gasteiger partial charge in [-0.2, -0.15) is 16.4 Å². The maximum absolute atomic E-state index is 6.01. The average Bonchev–Trinajstić information content (AvgIpc) is 3.10. The number of halogens is 1. The first-order valence-corrected chi connectivity index (χ1v) is 8.79. The Morgan fingerprint density at radius 1 is 1.14 bits per heavy atom. The predicted molar refractivity (Wildman–Crippen MR) is 93.3 cm³/mol. The summed E-state index contributed by atoms with van der Waals surface area (Å²) in [4.78, 5) is 0. The Morgan fingerprint density at radius 3 is 2.77 bits per heavy atom. The monoisotopic (exact) mass is 329 g/mol. The summed E-state index contributed by atoms with van der Waals surface area (Å²) in [6, 6.07) is 9.99. The number of hydrogen-bond donors (Lipinski definition) is 1. The van der Waals surface area contributed by atoms with Gasteiger partial charge in [-0.3, -0.25) is 0 Å². The largest absolute Gasteiger partial charge is 0.370 e. The van der Waals surface area contributed by atoms with E-state index in [1.807, 2.05) is 28.9 Å². The Morgan fingerprint density at radius 2 is 2.00 bits per heavy atom. The van der Waals surface area contributed by atoms with Crippen molar-refractivity contribution in [1.82, 2.24) is 9.78 Å². The molecule has 5 heteroatoms. The van der Waals surface area contributed by atoms with Gasteiger partial charge in [-0.1, -0.05) is 11.6 Å². The van der Waals surface area contributed by atoms with Crippen molar-refractivity contribution >= 4 is 28.8 Å². The second-order valence-corrected chi connectivity index (χ2v) is 6.68. The molecule has 1 aliphatic heterocycles. The number of hydrogen-bond acceptors (Lipinski definition) is 3. The molecule has 0 saturated heterocycles. The van der Waals surface area contributed by atoms with Crippen molar-refractivity contribution in [2.75, 3.05) is 11.9 Å². The Hall–Kier alpha value is -1.78. The van der Waals surface area contributed by atoms with Gasteiger partial charge in [-0.15, -0.1) is 0 Å². The minimum atomic E-state index is 0.744. The normalized spacial score (nSPS) is 14.2. The van der Waals surface area contributed by atoms with Crippen molar-refractivity contribution < 1.29 is 0 Å². The van der Waals surface area contributed by atoms with Crippen LogP contribution in [0.2, 0.25) is 5.02 Å². The molecule has 1 aromatic carbocycles. The molecule has 0 spiro atoms. The molecule has 0 aliphatic carbocycles. The lowest BCUT2D eigenvalue weighted by molar-refractivity contribution is 0.780. The molecule has 0 unspecified atom stereocenters. The lowest BCUT2D eigenvalue weighted by Gasteiger charge is -2.09. The fourth-order valence-corrected chi connectivity index (χ4v) is 3.67. The highest BCUT2D eigenvalue weighted by atomic mass is 35.5. The third kappa shape index (κ3) is 2.42. The van der Waals surface area contributed by atoms with Gasteiger partial charge >= 0.3 is 0 Å². The van der Waals surface area contributed by atoms with Crippen LogP contribution in [0.4, 0.5) is 5.82 Å². The molecule has 2 aromatic heterocycles. The molecule has 22 heavy (non-hydrogen) atoms. The van der Waals surface area contributed by atoms with Crippen molar-refractivity contribution in [3.8, 4) is 16.9 Å². The third-order valence-corrected chi connectivity index (χ3v) is 4.93. The zero-order chi connectivity index (χ0) is 14.9. The summed E-state index contributed by atoms with van der Waals surface area (Å²) in [5, 5.41) is 13.5. The molecule has 3 aromatic rings. The number of rotatable bonds is 2. The molecule has 112 valence electrons. The van der Waals surface area contributed by atoms with Crippen LogP contribution in [-0.4, -0.2) is 16.3 Å². The molecule has 0 radical (unpaired) electrons. The number of nitrogens with zero attached hydrogens (tertiary/aromatic N) is 2. The lowest BCUT2D eigenvalue weighted by Crippen LogP contribution is -2.07. The van der Waals surface area contributed by atoms with Crippen molar-refractivity contribution in [3.05, 3.63) is 51.7 Å². The van der Waals surface area contributed by atoms with Crippen LogP contribution in [0.25, 0.3) is 16.9 Å². The Bertz CT molecular complexity index is 775. The van der Waals surface area contributed by atoms with E-state index in [2.05, 4.69) is 22.1 Å². The van der Waals surface area contributed by atoms with Crippen LogP contribution in [0.3, 0.4) is 0 Å². The summed E-state index contributed by atoms with van der Waals surface area (Å²) in [7, 11) is 0. The van der Waals surface area contributed by atoms with E-state index >= 15 is 0 Å². The first-order chi connectivity index (χ1) is 10.8. The maximum Gasteiger partial charge on any atom is 0.133 e. The van der Waals surface area contributed by atoms with Crippen LogP contribution in [-0.2, 0) is 6.42 Å². The van der Waals surface area contributed by atoms with E-state index in [9.17, 15) is 0 Å². The molecule has 0 saturated carbocycles. The smallest absolute Gasteiger partial charge is 0.133 e. The second kappa shape index (κ2) is 5.78. The molecule has 1 N–H and O–H groups in total. The Balaban J connectivity index is 1.89. The number of nitrogens with one attached hydrogen (secondary N) is 1. The van der Waals surface area contributed by atoms with E-state index in [1.165, 1.54) is 24.0 Å². The number of anilines is 1. The van der Waals surface area contributed by atoms with E-state index in [4.69, 9.17) is 16.7 Å². The number of aromatic nitrogens is 2. The van der Waals surface area contributed by atoms with Crippen molar-refractivity contribution in [3.63, 3.8) is 0 Å². The molecular formula is C17H16ClN3S. The highest BCUT2D eigenvalue weighted by molar-refractivity contribution is 7.08. The summed E-state index contributed by atoms with van der Waals surface area (Å²) in [6.07, 6.45) is 3.46. The fraction of sp³-hybridized carbons (Fsp3) is 0.235. The van der Waals surface area contributed by atoms with Crippen molar-refractivity contribution in [1.29, 1.82) is 0 Å². The van der Waals surface area contributed by atoms with Crippen LogP contribution in [0.5, 0.6) is 0 Å². The van der Waals surface area contributed by atoms with Gasteiger partial charge in [0.1, 0.15) is 5.82 Å². The van der Waals surface area contributed by atoms with E-state index < -0.39 is 0 Å². The molecule has 0 fully saturated rings. The van der Waals surface area contributed by atoms with Gasteiger partial charge in [-0.25, -0.2) is 4.68 Å². The molecule has 0 amide bonds. The van der Waals surface area contributed by atoms with E-state index in [0.29, 0.717) is 0 Å².